The van der Waals surface area contributed by atoms with E-state index in [4.69, 9.17) is 4.74 Å². The third-order valence-corrected chi connectivity index (χ3v) is 4.96. The fourth-order valence-corrected chi connectivity index (χ4v) is 3.51. The third-order valence-electron chi connectivity index (χ3n) is 4.24. The van der Waals surface area contributed by atoms with Gasteiger partial charge in [-0.05, 0) is 18.5 Å². The molecule has 1 fully saturated rings. The van der Waals surface area contributed by atoms with Gasteiger partial charge in [-0.15, -0.1) is 0 Å². The summed E-state index contributed by atoms with van der Waals surface area (Å²) in [5.41, 5.74) is 1.25. The number of anilines is 1. The maximum atomic E-state index is 12.6. The molecule has 1 amide bonds. The van der Waals surface area contributed by atoms with E-state index in [1.165, 1.54) is 16.1 Å². The maximum absolute atomic E-state index is 12.6. The van der Waals surface area contributed by atoms with Crippen LogP contribution in [0.1, 0.15) is 16.1 Å². The highest BCUT2D eigenvalue weighted by Crippen LogP contribution is 2.16. The van der Waals surface area contributed by atoms with Crippen molar-refractivity contribution in [2.24, 2.45) is 7.05 Å². The Morgan fingerprint density at radius 3 is 3.04 bits per heavy atom. The third kappa shape index (κ3) is 3.72. The molecule has 2 aromatic rings. The second-order valence-corrected chi connectivity index (χ2v) is 6.73. The molecule has 3 rings (SSSR count). The number of hydrogen-bond acceptors (Lipinski definition) is 7. The molecule has 9 heteroatoms. The second-order valence-electron chi connectivity index (χ2n) is 6.11. The number of nitrogens with zero attached hydrogens (tertiary/aromatic N) is 5. The molecule has 0 aromatic carbocycles. The SMILES string of the molecule is Cc1nscc1C(=O)N1CCO[C@@H](CN(C)c2nccn(C)c2=O)C1. The Labute approximate surface area is 149 Å². The number of rotatable bonds is 4. The maximum Gasteiger partial charge on any atom is 0.293 e. The molecular weight excluding hydrogens is 342 g/mol. The summed E-state index contributed by atoms with van der Waals surface area (Å²) in [5, 5.41) is 1.78. The zero-order valence-corrected chi connectivity index (χ0v) is 15.3. The molecule has 0 N–H and O–H groups in total. The topological polar surface area (TPSA) is 80.6 Å². The van der Waals surface area contributed by atoms with E-state index >= 15 is 0 Å². The first-order valence-electron chi connectivity index (χ1n) is 8.02. The summed E-state index contributed by atoms with van der Waals surface area (Å²) in [6, 6.07) is 0. The summed E-state index contributed by atoms with van der Waals surface area (Å²) >= 11 is 1.29. The van der Waals surface area contributed by atoms with Crippen LogP contribution in [0.2, 0.25) is 0 Å². The number of aromatic nitrogens is 3. The first kappa shape index (κ1) is 17.6. The van der Waals surface area contributed by atoms with Crippen LogP contribution in [0.5, 0.6) is 0 Å². The van der Waals surface area contributed by atoms with Crippen LogP contribution >= 0.6 is 11.5 Å². The van der Waals surface area contributed by atoms with E-state index in [2.05, 4.69) is 9.36 Å². The zero-order chi connectivity index (χ0) is 18.0. The Hall–Kier alpha value is -2.26. The van der Waals surface area contributed by atoms with Crippen molar-refractivity contribution in [3.63, 3.8) is 0 Å². The van der Waals surface area contributed by atoms with Gasteiger partial charge in [-0.25, -0.2) is 4.98 Å². The average Bonchev–Trinajstić information content (AvgIpc) is 3.03. The van der Waals surface area contributed by atoms with Crippen LogP contribution in [0.15, 0.2) is 22.6 Å². The number of likely N-dealkylation sites (N-methyl/N-ethyl adjacent to an activating group) is 1. The minimum Gasteiger partial charge on any atom is -0.373 e. The molecule has 1 saturated heterocycles. The van der Waals surface area contributed by atoms with Crippen LogP contribution in [0.25, 0.3) is 0 Å². The zero-order valence-electron chi connectivity index (χ0n) is 14.5. The number of amides is 1. The van der Waals surface area contributed by atoms with Gasteiger partial charge in [0, 0.05) is 51.5 Å². The van der Waals surface area contributed by atoms with Crippen molar-refractivity contribution >= 4 is 23.3 Å². The lowest BCUT2D eigenvalue weighted by Crippen LogP contribution is -2.50. The number of morpholine rings is 1. The molecule has 0 radical (unpaired) electrons. The van der Waals surface area contributed by atoms with Crippen LogP contribution in [-0.2, 0) is 11.8 Å². The summed E-state index contributed by atoms with van der Waals surface area (Å²) < 4.78 is 11.4. The predicted octanol–water partition coefficient (Wildman–Crippen LogP) is 0.523. The van der Waals surface area contributed by atoms with Crippen molar-refractivity contribution in [1.82, 2.24) is 18.8 Å². The van der Waals surface area contributed by atoms with Gasteiger partial charge in [0.25, 0.3) is 11.5 Å². The fraction of sp³-hybridized carbons (Fsp3) is 0.500. The molecular formula is C16H21N5O3S. The van der Waals surface area contributed by atoms with E-state index in [-0.39, 0.29) is 17.6 Å². The molecule has 25 heavy (non-hydrogen) atoms. The molecule has 0 bridgehead atoms. The van der Waals surface area contributed by atoms with E-state index < -0.39 is 0 Å². The number of carbonyl (C=O) groups is 1. The van der Waals surface area contributed by atoms with Gasteiger partial charge in [-0.3, -0.25) is 9.59 Å². The molecule has 3 heterocycles. The van der Waals surface area contributed by atoms with Crippen LogP contribution in [0.4, 0.5) is 5.82 Å². The Morgan fingerprint density at radius 2 is 2.32 bits per heavy atom. The quantitative estimate of drug-likeness (QED) is 0.788. The van der Waals surface area contributed by atoms with Gasteiger partial charge in [-0.1, -0.05) is 0 Å². The standard InChI is InChI=1S/C16H21N5O3S/c1-11-13(10-25-18-11)15(22)21-6-7-24-12(9-21)8-20(3)14-16(23)19(2)5-4-17-14/h4-5,10,12H,6-9H2,1-3H3/t12-/m0/s1. The Kier molecular flexibility index (Phi) is 5.14. The fourth-order valence-electron chi connectivity index (χ4n) is 2.82. The van der Waals surface area contributed by atoms with E-state index in [0.29, 0.717) is 37.6 Å². The van der Waals surface area contributed by atoms with E-state index in [1.54, 1.807) is 41.7 Å². The van der Waals surface area contributed by atoms with Crippen molar-refractivity contribution in [1.29, 1.82) is 0 Å². The molecule has 0 saturated carbocycles. The van der Waals surface area contributed by atoms with Gasteiger partial charge >= 0.3 is 0 Å². The van der Waals surface area contributed by atoms with Gasteiger partial charge in [-0.2, -0.15) is 4.37 Å². The molecule has 1 atom stereocenters. The highest BCUT2D eigenvalue weighted by Gasteiger charge is 2.28. The number of ether oxygens (including phenoxy) is 1. The molecule has 1 aliphatic rings. The smallest absolute Gasteiger partial charge is 0.293 e. The lowest BCUT2D eigenvalue weighted by Gasteiger charge is -2.35. The second kappa shape index (κ2) is 7.32. The minimum absolute atomic E-state index is 0.0176. The predicted molar refractivity (Wildman–Crippen MR) is 95.2 cm³/mol. The first-order chi connectivity index (χ1) is 12.0. The molecule has 1 aliphatic heterocycles. The van der Waals surface area contributed by atoms with Crippen LogP contribution < -0.4 is 10.5 Å². The Balaban J connectivity index is 1.67. The summed E-state index contributed by atoms with van der Waals surface area (Å²) in [5.74, 6) is 0.353. The molecule has 8 nitrogen and oxygen atoms in total. The number of carbonyl (C=O) groups excluding carboxylic acids is 1. The molecule has 0 aliphatic carbocycles. The van der Waals surface area contributed by atoms with Crippen LogP contribution in [0.3, 0.4) is 0 Å². The molecule has 2 aromatic heterocycles. The number of hydrogen-bond donors (Lipinski definition) is 0. The Bertz CT molecular complexity index is 818. The van der Waals surface area contributed by atoms with Crippen LogP contribution in [-0.4, -0.2) is 64.1 Å². The largest absolute Gasteiger partial charge is 0.373 e. The van der Waals surface area contributed by atoms with Crippen molar-refractivity contribution in [3.05, 3.63) is 39.4 Å². The molecule has 0 unspecified atom stereocenters. The van der Waals surface area contributed by atoms with Crippen molar-refractivity contribution in [2.45, 2.75) is 13.0 Å². The van der Waals surface area contributed by atoms with Gasteiger partial charge < -0.3 is 19.1 Å². The highest BCUT2D eigenvalue weighted by molar-refractivity contribution is 7.03. The normalized spacial score (nSPS) is 17.6. The number of aryl methyl sites for hydroxylation is 2. The van der Waals surface area contributed by atoms with E-state index in [9.17, 15) is 9.59 Å². The van der Waals surface area contributed by atoms with Crippen LogP contribution in [0, 0.1) is 6.92 Å². The van der Waals surface area contributed by atoms with Gasteiger partial charge in [0.05, 0.1) is 24.0 Å². The van der Waals surface area contributed by atoms with Crippen molar-refractivity contribution in [3.8, 4) is 0 Å². The molecule has 134 valence electrons. The molecule has 0 spiro atoms. The monoisotopic (exact) mass is 363 g/mol. The lowest BCUT2D eigenvalue weighted by atomic mass is 10.2. The van der Waals surface area contributed by atoms with Crippen molar-refractivity contribution < 1.29 is 9.53 Å². The summed E-state index contributed by atoms with van der Waals surface area (Å²) in [6.45, 7) is 3.83. The van der Waals surface area contributed by atoms with E-state index in [0.717, 1.165) is 5.69 Å². The summed E-state index contributed by atoms with van der Waals surface area (Å²) in [6.07, 6.45) is 3.03. The van der Waals surface area contributed by atoms with Gasteiger partial charge in [0.2, 0.25) is 0 Å². The van der Waals surface area contributed by atoms with Gasteiger partial charge in [0.15, 0.2) is 5.82 Å². The lowest BCUT2D eigenvalue weighted by molar-refractivity contribution is -0.0172. The van der Waals surface area contributed by atoms with Crippen molar-refractivity contribution in [2.75, 3.05) is 38.2 Å². The highest BCUT2D eigenvalue weighted by atomic mass is 32.1. The van der Waals surface area contributed by atoms with E-state index in [1.807, 2.05) is 6.92 Å². The van der Waals surface area contributed by atoms with Gasteiger partial charge in [0.1, 0.15) is 0 Å². The summed E-state index contributed by atoms with van der Waals surface area (Å²) in [7, 11) is 3.50. The first-order valence-corrected chi connectivity index (χ1v) is 8.85. The minimum atomic E-state index is -0.179. The summed E-state index contributed by atoms with van der Waals surface area (Å²) in [4.78, 5) is 32.5. The Morgan fingerprint density at radius 1 is 1.52 bits per heavy atom. The average molecular weight is 363 g/mol.